The number of halogens is 1. The Balaban J connectivity index is 0.00000441. The molecule has 22 heavy (non-hydrogen) atoms. The first kappa shape index (κ1) is 21.4. The van der Waals surface area contributed by atoms with Crippen molar-refractivity contribution in [1.82, 2.24) is 10.6 Å². The van der Waals surface area contributed by atoms with Crippen molar-refractivity contribution >= 4 is 39.8 Å². The molecule has 0 aliphatic heterocycles. The highest BCUT2D eigenvalue weighted by atomic mass is 127. The van der Waals surface area contributed by atoms with Gasteiger partial charge >= 0.3 is 0 Å². The van der Waals surface area contributed by atoms with Crippen molar-refractivity contribution in [3.05, 3.63) is 0 Å². The van der Waals surface area contributed by atoms with Crippen LogP contribution in [0, 0.1) is 17.2 Å². The van der Waals surface area contributed by atoms with E-state index in [1.54, 1.807) is 27.8 Å². The third-order valence-corrected chi connectivity index (χ3v) is 6.43. The molecule has 0 saturated heterocycles. The number of sulfone groups is 1. The number of guanidine groups is 1. The fraction of sp³-hybridized carbons (Fsp3) is 0.857. The molecule has 1 fully saturated rings. The summed E-state index contributed by atoms with van der Waals surface area (Å²) in [6.45, 7) is 5.41. The zero-order valence-electron chi connectivity index (χ0n) is 13.7. The van der Waals surface area contributed by atoms with Crippen LogP contribution in [0.2, 0.25) is 0 Å². The molecule has 1 aliphatic rings. The van der Waals surface area contributed by atoms with Crippen LogP contribution < -0.4 is 10.6 Å². The highest BCUT2D eigenvalue weighted by molar-refractivity contribution is 14.0. The van der Waals surface area contributed by atoms with Crippen LogP contribution in [0.15, 0.2) is 4.99 Å². The fourth-order valence-electron chi connectivity index (χ4n) is 2.27. The minimum atomic E-state index is -3.14. The molecule has 0 aromatic rings. The smallest absolute Gasteiger partial charge is 0.191 e. The van der Waals surface area contributed by atoms with Crippen LogP contribution in [0.3, 0.4) is 0 Å². The zero-order valence-corrected chi connectivity index (χ0v) is 16.9. The third kappa shape index (κ3) is 5.91. The van der Waals surface area contributed by atoms with Crippen molar-refractivity contribution in [3.63, 3.8) is 0 Å². The van der Waals surface area contributed by atoms with Crippen molar-refractivity contribution in [2.75, 3.05) is 19.3 Å². The van der Waals surface area contributed by atoms with E-state index in [4.69, 9.17) is 5.26 Å². The molecule has 1 saturated carbocycles. The van der Waals surface area contributed by atoms with Crippen LogP contribution in [-0.4, -0.2) is 44.5 Å². The van der Waals surface area contributed by atoms with E-state index in [0.717, 1.165) is 19.3 Å². The molecule has 0 aromatic carbocycles. The molecule has 8 heteroatoms. The lowest BCUT2D eigenvalue weighted by molar-refractivity contribution is 0.532. The molecular weight excluding hydrogens is 415 g/mol. The molecule has 0 aromatic heterocycles. The van der Waals surface area contributed by atoms with E-state index in [1.165, 1.54) is 0 Å². The quantitative estimate of drug-likeness (QED) is 0.393. The molecule has 2 N–H and O–H groups in total. The lowest BCUT2D eigenvalue weighted by Gasteiger charge is -2.21. The van der Waals surface area contributed by atoms with Gasteiger partial charge in [0.05, 0.1) is 22.5 Å². The predicted octanol–water partition coefficient (Wildman–Crippen LogP) is 1.67. The number of hydrogen-bond donors (Lipinski definition) is 2. The van der Waals surface area contributed by atoms with Gasteiger partial charge in [0, 0.05) is 19.6 Å². The van der Waals surface area contributed by atoms with Crippen molar-refractivity contribution in [1.29, 1.82) is 5.26 Å². The van der Waals surface area contributed by atoms with Gasteiger partial charge < -0.3 is 10.6 Å². The van der Waals surface area contributed by atoms with Crippen molar-refractivity contribution in [3.8, 4) is 6.07 Å². The number of rotatable bonds is 4. The number of aliphatic imine (C=N–C) groups is 1. The lowest BCUT2D eigenvalue weighted by atomic mass is 10.1. The standard InChI is InChI=1S/C14H26N4O2S.HI/c1-14(2,3)21(19,20)9-8-17-13(16-4)18-12-7-5-6-11(12)10-15;/h11-12H,5-9H2,1-4H3,(H2,16,17,18);1H. The van der Waals surface area contributed by atoms with Gasteiger partial charge in [-0.05, 0) is 40.0 Å². The fourth-order valence-corrected chi connectivity index (χ4v) is 3.25. The minimum Gasteiger partial charge on any atom is -0.355 e. The first-order valence-electron chi connectivity index (χ1n) is 7.30. The lowest BCUT2D eigenvalue weighted by Crippen LogP contribution is -2.46. The molecule has 6 nitrogen and oxygen atoms in total. The SMILES string of the molecule is CN=C(NCCS(=O)(=O)C(C)(C)C)NC1CCCC1C#N.I. The predicted molar refractivity (Wildman–Crippen MR) is 100 cm³/mol. The van der Waals surface area contributed by atoms with E-state index in [9.17, 15) is 8.42 Å². The molecule has 0 heterocycles. The average molecular weight is 442 g/mol. The summed E-state index contributed by atoms with van der Waals surface area (Å²) in [6.07, 6.45) is 2.88. The van der Waals surface area contributed by atoms with Crippen molar-refractivity contribution in [2.24, 2.45) is 10.9 Å². The molecule has 2 atom stereocenters. The van der Waals surface area contributed by atoms with Gasteiger partial charge in [0.2, 0.25) is 0 Å². The third-order valence-electron chi connectivity index (χ3n) is 3.82. The van der Waals surface area contributed by atoms with Gasteiger partial charge in [-0.1, -0.05) is 0 Å². The van der Waals surface area contributed by atoms with Gasteiger partial charge in [0.1, 0.15) is 0 Å². The van der Waals surface area contributed by atoms with Crippen LogP contribution in [0.25, 0.3) is 0 Å². The molecule has 1 aliphatic carbocycles. The molecular formula is C14H27IN4O2S. The Kier molecular flexibility index (Phi) is 8.69. The minimum absolute atomic E-state index is 0. The van der Waals surface area contributed by atoms with E-state index in [2.05, 4.69) is 21.7 Å². The van der Waals surface area contributed by atoms with Gasteiger partial charge in [-0.25, -0.2) is 8.42 Å². The van der Waals surface area contributed by atoms with Gasteiger partial charge in [0.25, 0.3) is 0 Å². The Morgan fingerprint density at radius 1 is 1.36 bits per heavy atom. The number of nitrogens with zero attached hydrogens (tertiary/aromatic N) is 2. The van der Waals surface area contributed by atoms with Gasteiger partial charge in [-0.2, -0.15) is 5.26 Å². The second-order valence-electron chi connectivity index (χ2n) is 6.35. The highest BCUT2D eigenvalue weighted by Crippen LogP contribution is 2.24. The summed E-state index contributed by atoms with van der Waals surface area (Å²) in [4.78, 5) is 4.09. The zero-order chi connectivity index (χ0) is 16.1. The van der Waals surface area contributed by atoms with Crippen LogP contribution in [0.5, 0.6) is 0 Å². The van der Waals surface area contributed by atoms with Gasteiger partial charge in [-0.15, -0.1) is 24.0 Å². The van der Waals surface area contributed by atoms with Crippen LogP contribution >= 0.6 is 24.0 Å². The maximum Gasteiger partial charge on any atom is 0.191 e. The highest BCUT2D eigenvalue weighted by Gasteiger charge is 2.29. The Morgan fingerprint density at radius 3 is 2.50 bits per heavy atom. The molecule has 1 rings (SSSR count). The van der Waals surface area contributed by atoms with E-state index < -0.39 is 14.6 Å². The van der Waals surface area contributed by atoms with E-state index in [1.807, 2.05) is 0 Å². The van der Waals surface area contributed by atoms with Crippen molar-refractivity contribution in [2.45, 2.75) is 50.8 Å². The van der Waals surface area contributed by atoms with Crippen LogP contribution in [0.4, 0.5) is 0 Å². The Hall–Kier alpha value is -0.560. The summed E-state index contributed by atoms with van der Waals surface area (Å²) < 4.78 is 23.3. The topological polar surface area (TPSA) is 94.3 Å². The average Bonchev–Trinajstić information content (AvgIpc) is 2.83. The first-order chi connectivity index (χ1) is 9.71. The van der Waals surface area contributed by atoms with Gasteiger partial charge in [0.15, 0.2) is 15.8 Å². The van der Waals surface area contributed by atoms with Crippen LogP contribution in [0.1, 0.15) is 40.0 Å². The molecule has 2 unspecified atom stereocenters. The largest absolute Gasteiger partial charge is 0.355 e. The molecule has 128 valence electrons. The molecule has 0 radical (unpaired) electrons. The maximum absolute atomic E-state index is 12.0. The van der Waals surface area contributed by atoms with Crippen molar-refractivity contribution < 1.29 is 8.42 Å². The number of hydrogen-bond acceptors (Lipinski definition) is 4. The summed E-state index contributed by atoms with van der Waals surface area (Å²) in [5.74, 6) is 0.622. The Labute approximate surface area is 151 Å². The first-order valence-corrected chi connectivity index (χ1v) is 8.95. The maximum atomic E-state index is 12.0. The number of nitrogens with one attached hydrogen (secondary N) is 2. The van der Waals surface area contributed by atoms with E-state index >= 15 is 0 Å². The Morgan fingerprint density at radius 2 is 2.00 bits per heavy atom. The van der Waals surface area contributed by atoms with Gasteiger partial charge in [-0.3, -0.25) is 4.99 Å². The Bertz CT molecular complexity index is 520. The summed E-state index contributed by atoms with van der Waals surface area (Å²) in [7, 11) is -1.50. The monoisotopic (exact) mass is 442 g/mol. The molecule has 0 bridgehead atoms. The van der Waals surface area contributed by atoms with Crippen LogP contribution in [-0.2, 0) is 9.84 Å². The van der Waals surface area contributed by atoms with E-state index in [0.29, 0.717) is 12.5 Å². The second-order valence-corrected chi connectivity index (χ2v) is 9.21. The second kappa shape index (κ2) is 8.91. The molecule has 0 amide bonds. The number of nitriles is 1. The molecule has 0 spiro atoms. The summed E-state index contributed by atoms with van der Waals surface area (Å²) in [5, 5.41) is 15.3. The van der Waals surface area contributed by atoms with E-state index in [-0.39, 0.29) is 41.7 Å². The normalized spacial score (nSPS) is 22.6. The summed E-state index contributed by atoms with van der Waals surface area (Å²) in [6, 6.07) is 2.40. The summed E-state index contributed by atoms with van der Waals surface area (Å²) in [5.41, 5.74) is 0. The summed E-state index contributed by atoms with van der Waals surface area (Å²) >= 11 is 0.